The maximum absolute atomic E-state index is 12.5. The zero-order valence-electron chi connectivity index (χ0n) is 10.4. The molecule has 4 nitrogen and oxygen atoms in total. The van der Waals surface area contributed by atoms with Gasteiger partial charge < -0.3 is 15.0 Å². The number of hydrogen-bond donors (Lipinski definition) is 1. The summed E-state index contributed by atoms with van der Waals surface area (Å²) in [5, 5.41) is 3.36. The van der Waals surface area contributed by atoms with E-state index >= 15 is 0 Å². The van der Waals surface area contributed by atoms with Crippen molar-refractivity contribution < 1.29 is 9.53 Å². The zero-order valence-corrected chi connectivity index (χ0v) is 10.4. The van der Waals surface area contributed by atoms with Gasteiger partial charge in [0.25, 0.3) is 0 Å². The van der Waals surface area contributed by atoms with Crippen LogP contribution in [0, 0.1) is 0 Å². The average molecular weight is 238 g/mol. The molecule has 2 saturated heterocycles. The molecule has 0 spiro atoms. The number of morpholine rings is 1. The van der Waals surface area contributed by atoms with Gasteiger partial charge in [0.1, 0.15) is 0 Å². The van der Waals surface area contributed by atoms with Gasteiger partial charge in [-0.05, 0) is 38.6 Å². The van der Waals surface area contributed by atoms with Gasteiger partial charge in [0.15, 0.2) is 0 Å². The number of amides is 1. The minimum atomic E-state index is 0.0723. The van der Waals surface area contributed by atoms with Gasteiger partial charge in [-0.3, -0.25) is 4.79 Å². The molecule has 3 atom stereocenters. The van der Waals surface area contributed by atoms with Crippen molar-refractivity contribution in [2.24, 2.45) is 0 Å². The average Bonchev–Trinajstić information content (AvgIpc) is 2.87. The standard InChI is InChI=1S/C13H22N2O2/c16-13(10-4-1-2-7-14-10)15-8-9-17-12-6-3-5-11(12)15/h10-12,14H,1-9H2. The van der Waals surface area contributed by atoms with Crippen molar-refractivity contribution in [3.63, 3.8) is 0 Å². The van der Waals surface area contributed by atoms with E-state index in [0.29, 0.717) is 18.1 Å². The van der Waals surface area contributed by atoms with Crippen molar-refractivity contribution >= 4 is 5.91 Å². The van der Waals surface area contributed by atoms with Gasteiger partial charge in [-0.25, -0.2) is 0 Å². The second-order valence-corrected chi connectivity index (χ2v) is 5.44. The normalized spacial score (nSPS) is 37.9. The molecule has 4 heteroatoms. The van der Waals surface area contributed by atoms with Crippen molar-refractivity contribution in [1.29, 1.82) is 0 Å². The first kappa shape index (κ1) is 11.5. The van der Waals surface area contributed by atoms with Gasteiger partial charge in [0.2, 0.25) is 5.91 Å². The molecule has 17 heavy (non-hydrogen) atoms. The molecule has 3 rings (SSSR count). The molecule has 3 fully saturated rings. The topological polar surface area (TPSA) is 41.6 Å². The summed E-state index contributed by atoms with van der Waals surface area (Å²) in [6.45, 7) is 2.51. The first-order valence-corrected chi connectivity index (χ1v) is 7.02. The third kappa shape index (κ3) is 2.20. The van der Waals surface area contributed by atoms with E-state index in [1.54, 1.807) is 0 Å². The number of carbonyl (C=O) groups is 1. The molecule has 0 aromatic carbocycles. The molecule has 3 unspecified atom stereocenters. The number of carbonyl (C=O) groups excluding carboxylic acids is 1. The van der Waals surface area contributed by atoms with Crippen molar-refractivity contribution in [3.05, 3.63) is 0 Å². The first-order valence-electron chi connectivity index (χ1n) is 7.02. The molecule has 1 saturated carbocycles. The summed E-state index contributed by atoms with van der Waals surface area (Å²) in [6.07, 6.45) is 7.18. The zero-order chi connectivity index (χ0) is 11.7. The van der Waals surface area contributed by atoms with Crippen LogP contribution in [-0.4, -0.2) is 48.7 Å². The van der Waals surface area contributed by atoms with Crippen molar-refractivity contribution in [3.8, 4) is 0 Å². The van der Waals surface area contributed by atoms with Crippen molar-refractivity contribution in [2.75, 3.05) is 19.7 Å². The maximum Gasteiger partial charge on any atom is 0.240 e. The lowest BCUT2D eigenvalue weighted by molar-refractivity contribution is -0.146. The van der Waals surface area contributed by atoms with Gasteiger partial charge >= 0.3 is 0 Å². The fraction of sp³-hybridized carbons (Fsp3) is 0.923. The molecule has 1 amide bonds. The predicted molar refractivity (Wildman–Crippen MR) is 64.7 cm³/mol. The summed E-state index contributed by atoms with van der Waals surface area (Å²) in [7, 11) is 0. The quantitative estimate of drug-likeness (QED) is 0.738. The molecule has 1 aliphatic carbocycles. The van der Waals surface area contributed by atoms with Crippen molar-refractivity contribution in [2.45, 2.75) is 56.7 Å². The van der Waals surface area contributed by atoms with E-state index in [9.17, 15) is 4.79 Å². The highest BCUT2D eigenvalue weighted by Gasteiger charge is 2.40. The number of nitrogens with zero attached hydrogens (tertiary/aromatic N) is 1. The Balaban J connectivity index is 1.67. The smallest absolute Gasteiger partial charge is 0.240 e. The SMILES string of the molecule is O=C(C1CCCCN1)N1CCOC2CCCC21. The summed E-state index contributed by atoms with van der Waals surface area (Å²) in [6, 6.07) is 0.433. The van der Waals surface area contributed by atoms with Gasteiger partial charge in [0, 0.05) is 6.54 Å². The van der Waals surface area contributed by atoms with Crippen LogP contribution in [0.15, 0.2) is 0 Å². The third-order valence-corrected chi connectivity index (χ3v) is 4.37. The van der Waals surface area contributed by atoms with Crippen molar-refractivity contribution in [1.82, 2.24) is 10.2 Å². The van der Waals surface area contributed by atoms with E-state index < -0.39 is 0 Å². The highest BCUT2D eigenvalue weighted by atomic mass is 16.5. The Labute approximate surface area is 103 Å². The number of ether oxygens (including phenoxy) is 1. The Bertz CT molecular complexity index is 289. The number of hydrogen-bond acceptors (Lipinski definition) is 3. The molecule has 0 bridgehead atoms. The summed E-state index contributed by atoms with van der Waals surface area (Å²) in [5.74, 6) is 0.324. The molecular formula is C13H22N2O2. The molecule has 96 valence electrons. The lowest BCUT2D eigenvalue weighted by Gasteiger charge is -2.40. The lowest BCUT2D eigenvalue weighted by atomic mass is 10.0. The predicted octanol–water partition coefficient (Wildman–Crippen LogP) is 0.908. The maximum atomic E-state index is 12.5. The minimum Gasteiger partial charge on any atom is -0.374 e. The Morgan fingerprint density at radius 1 is 1.18 bits per heavy atom. The van der Waals surface area contributed by atoms with Crippen LogP contribution in [0.25, 0.3) is 0 Å². The Morgan fingerprint density at radius 3 is 2.94 bits per heavy atom. The second-order valence-electron chi connectivity index (χ2n) is 5.44. The number of piperidine rings is 1. The minimum absolute atomic E-state index is 0.0723. The van der Waals surface area contributed by atoms with Crippen LogP contribution < -0.4 is 5.32 Å². The van der Waals surface area contributed by atoms with E-state index in [1.807, 2.05) is 0 Å². The molecular weight excluding hydrogens is 216 g/mol. The van der Waals surface area contributed by atoms with E-state index in [4.69, 9.17) is 4.74 Å². The molecule has 0 aromatic rings. The van der Waals surface area contributed by atoms with Gasteiger partial charge in [-0.2, -0.15) is 0 Å². The third-order valence-electron chi connectivity index (χ3n) is 4.37. The van der Waals surface area contributed by atoms with Crippen LogP contribution in [0.4, 0.5) is 0 Å². The van der Waals surface area contributed by atoms with E-state index in [0.717, 1.165) is 39.0 Å². The monoisotopic (exact) mass is 238 g/mol. The largest absolute Gasteiger partial charge is 0.374 e. The summed E-state index contributed by atoms with van der Waals surface area (Å²) in [4.78, 5) is 14.6. The van der Waals surface area contributed by atoms with Crippen LogP contribution in [0.3, 0.4) is 0 Å². The fourth-order valence-electron chi connectivity index (χ4n) is 3.46. The van der Waals surface area contributed by atoms with Crippen LogP contribution >= 0.6 is 0 Å². The number of nitrogens with one attached hydrogen (secondary N) is 1. The van der Waals surface area contributed by atoms with E-state index in [1.165, 1.54) is 19.3 Å². The van der Waals surface area contributed by atoms with Gasteiger partial charge in [-0.15, -0.1) is 0 Å². The fourth-order valence-corrected chi connectivity index (χ4v) is 3.46. The second kappa shape index (κ2) is 4.94. The van der Waals surface area contributed by atoms with E-state index in [-0.39, 0.29) is 6.04 Å². The number of fused-ring (bicyclic) bond motifs is 1. The molecule has 2 aliphatic heterocycles. The Hall–Kier alpha value is -0.610. The summed E-state index contributed by atoms with van der Waals surface area (Å²) < 4.78 is 5.76. The lowest BCUT2D eigenvalue weighted by Crippen LogP contribution is -2.57. The highest BCUT2D eigenvalue weighted by Crippen LogP contribution is 2.30. The van der Waals surface area contributed by atoms with Crippen LogP contribution in [0.5, 0.6) is 0 Å². The van der Waals surface area contributed by atoms with Gasteiger partial charge in [0.05, 0.1) is 24.8 Å². The van der Waals surface area contributed by atoms with Crippen LogP contribution in [-0.2, 0) is 9.53 Å². The Kier molecular flexibility index (Phi) is 3.34. The summed E-state index contributed by atoms with van der Waals surface area (Å²) >= 11 is 0. The van der Waals surface area contributed by atoms with Gasteiger partial charge in [-0.1, -0.05) is 6.42 Å². The van der Waals surface area contributed by atoms with E-state index in [2.05, 4.69) is 10.2 Å². The van der Waals surface area contributed by atoms with Crippen LogP contribution in [0.2, 0.25) is 0 Å². The first-order chi connectivity index (χ1) is 8.36. The molecule has 2 heterocycles. The molecule has 0 aromatic heterocycles. The summed E-state index contributed by atoms with van der Waals surface area (Å²) in [5.41, 5.74) is 0. The molecule has 1 N–H and O–H groups in total. The Morgan fingerprint density at radius 2 is 2.12 bits per heavy atom. The highest BCUT2D eigenvalue weighted by molar-refractivity contribution is 5.82. The van der Waals surface area contributed by atoms with Crippen LogP contribution in [0.1, 0.15) is 38.5 Å². The number of rotatable bonds is 1. The molecule has 0 radical (unpaired) electrons. The molecule has 3 aliphatic rings.